The highest BCUT2D eigenvalue weighted by Crippen LogP contribution is 2.35. The van der Waals surface area contributed by atoms with Gasteiger partial charge in [-0.15, -0.1) is 0 Å². The van der Waals surface area contributed by atoms with E-state index in [0.29, 0.717) is 5.92 Å². The highest BCUT2D eigenvalue weighted by Gasteiger charge is 2.46. The van der Waals surface area contributed by atoms with Crippen LogP contribution in [0.15, 0.2) is 29.0 Å². The summed E-state index contributed by atoms with van der Waals surface area (Å²) in [5, 5.41) is 4.01. The molecule has 4 rings (SSSR count). The highest BCUT2D eigenvalue weighted by molar-refractivity contribution is 5.97. The molecule has 0 unspecified atom stereocenters. The Labute approximate surface area is 135 Å². The van der Waals surface area contributed by atoms with Gasteiger partial charge in [-0.1, -0.05) is 5.16 Å². The van der Waals surface area contributed by atoms with Crippen molar-refractivity contribution >= 4 is 11.6 Å². The molecule has 6 heteroatoms. The molecule has 120 valence electrons. The Morgan fingerprint density at radius 3 is 2.83 bits per heavy atom. The molecule has 2 atom stereocenters. The Hall–Kier alpha value is -2.21. The fourth-order valence-electron chi connectivity index (χ4n) is 3.78. The van der Waals surface area contributed by atoms with E-state index in [1.165, 1.54) is 0 Å². The molecule has 0 radical (unpaired) electrons. The second kappa shape index (κ2) is 5.45. The summed E-state index contributed by atoms with van der Waals surface area (Å²) >= 11 is 0. The quantitative estimate of drug-likeness (QED) is 0.864. The second-order valence-electron chi connectivity index (χ2n) is 6.52. The van der Waals surface area contributed by atoms with Gasteiger partial charge in [0.25, 0.3) is 0 Å². The van der Waals surface area contributed by atoms with E-state index in [2.05, 4.69) is 15.0 Å². The molecule has 2 saturated heterocycles. The van der Waals surface area contributed by atoms with Crippen LogP contribution in [0.1, 0.15) is 17.0 Å². The summed E-state index contributed by atoms with van der Waals surface area (Å²) in [6.07, 6.45) is 3.50. The number of nitrogens with zero attached hydrogens (tertiary/aromatic N) is 4. The van der Waals surface area contributed by atoms with Crippen LogP contribution in [-0.4, -0.2) is 40.6 Å². The average Bonchev–Trinajstić information content (AvgIpc) is 3.19. The number of hydrogen-bond acceptors (Lipinski definition) is 5. The SMILES string of the molecule is Cc1noc(C)c1CN1C[C@@H]2CN(c3cccnc3)C(=O)[C@@H]2C1. The number of fused-ring (bicyclic) bond motifs is 1. The van der Waals surface area contributed by atoms with Gasteiger partial charge in [-0.25, -0.2) is 0 Å². The summed E-state index contributed by atoms with van der Waals surface area (Å²) < 4.78 is 5.24. The molecule has 6 nitrogen and oxygen atoms in total. The van der Waals surface area contributed by atoms with E-state index >= 15 is 0 Å². The van der Waals surface area contributed by atoms with Crippen molar-refractivity contribution in [3.8, 4) is 0 Å². The molecule has 0 N–H and O–H groups in total. The van der Waals surface area contributed by atoms with Gasteiger partial charge in [-0.05, 0) is 26.0 Å². The second-order valence-corrected chi connectivity index (χ2v) is 6.52. The molecule has 0 aromatic carbocycles. The fourth-order valence-corrected chi connectivity index (χ4v) is 3.78. The van der Waals surface area contributed by atoms with Gasteiger partial charge in [-0.3, -0.25) is 14.7 Å². The van der Waals surface area contributed by atoms with Crippen LogP contribution >= 0.6 is 0 Å². The molecule has 2 aliphatic rings. The van der Waals surface area contributed by atoms with E-state index in [1.807, 2.05) is 30.9 Å². The Kier molecular flexibility index (Phi) is 3.41. The van der Waals surface area contributed by atoms with Gasteiger partial charge in [0.1, 0.15) is 5.76 Å². The normalized spacial score (nSPS) is 24.4. The number of pyridine rings is 1. The standard InChI is InChI=1S/C17H20N4O2/c1-11-15(12(2)23-19-11)9-20-7-13-8-21(17(22)16(13)10-20)14-4-3-5-18-6-14/h3-6,13,16H,7-10H2,1-2H3/t13-,16-/m1/s1. The number of likely N-dealkylation sites (tertiary alicyclic amines) is 1. The van der Waals surface area contributed by atoms with E-state index in [0.717, 1.165) is 48.9 Å². The van der Waals surface area contributed by atoms with Gasteiger partial charge >= 0.3 is 0 Å². The number of carbonyl (C=O) groups is 1. The molecule has 4 heterocycles. The van der Waals surface area contributed by atoms with Crippen molar-refractivity contribution in [2.45, 2.75) is 20.4 Å². The zero-order valence-corrected chi connectivity index (χ0v) is 13.4. The lowest BCUT2D eigenvalue weighted by molar-refractivity contribution is -0.120. The third-order valence-electron chi connectivity index (χ3n) is 5.04. The van der Waals surface area contributed by atoms with Gasteiger partial charge in [0, 0.05) is 43.9 Å². The van der Waals surface area contributed by atoms with E-state index < -0.39 is 0 Å². The van der Waals surface area contributed by atoms with Gasteiger partial charge < -0.3 is 9.42 Å². The van der Waals surface area contributed by atoms with Gasteiger partial charge in [-0.2, -0.15) is 0 Å². The Morgan fingerprint density at radius 1 is 1.30 bits per heavy atom. The molecule has 0 saturated carbocycles. The maximum atomic E-state index is 12.7. The van der Waals surface area contributed by atoms with Crippen LogP contribution < -0.4 is 4.90 Å². The predicted octanol–water partition coefficient (Wildman–Crippen LogP) is 1.78. The van der Waals surface area contributed by atoms with E-state index in [9.17, 15) is 4.79 Å². The van der Waals surface area contributed by atoms with Gasteiger partial charge in [0.05, 0.1) is 23.5 Å². The van der Waals surface area contributed by atoms with Crippen LogP contribution in [0.2, 0.25) is 0 Å². The average molecular weight is 312 g/mol. The van der Waals surface area contributed by atoms with Crippen molar-refractivity contribution in [1.29, 1.82) is 0 Å². The summed E-state index contributed by atoms with van der Waals surface area (Å²) in [5.74, 6) is 1.59. The Bertz CT molecular complexity index is 708. The van der Waals surface area contributed by atoms with Crippen LogP contribution in [0.5, 0.6) is 0 Å². The fraction of sp³-hybridized carbons (Fsp3) is 0.471. The predicted molar refractivity (Wildman–Crippen MR) is 84.8 cm³/mol. The minimum atomic E-state index is 0.0932. The van der Waals surface area contributed by atoms with Crippen molar-refractivity contribution in [2.24, 2.45) is 11.8 Å². The number of hydrogen-bond donors (Lipinski definition) is 0. The summed E-state index contributed by atoms with van der Waals surface area (Å²) in [5.41, 5.74) is 3.01. The van der Waals surface area contributed by atoms with Crippen LogP contribution in [0.4, 0.5) is 5.69 Å². The van der Waals surface area contributed by atoms with Crippen LogP contribution in [0.25, 0.3) is 0 Å². The number of aromatic nitrogens is 2. The zero-order valence-electron chi connectivity index (χ0n) is 13.4. The third-order valence-corrected chi connectivity index (χ3v) is 5.04. The molecule has 2 aromatic rings. The van der Waals surface area contributed by atoms with Crippen LogP contribution in [0.3, 0.4) is 0 Å². The topological polar surface area (TPSA) is 62.5 Å². The van der Waals surface area contributed by atoms with Crippen LogP contribution in [0, 0.1) is 25.7 Å². The van der Waals surface area contributed by atoms with Crippen molar-refractivity contribution in [1.82, 2.24) is 15.0 Å². The largest absolute Gasteiger partial charge is 0.361 e. The molecule has 0 spiro atoms. The summed E-state index contributed by atoms with van der Waals surface area (Å²) in [6.45, 7) is 7.27. The van der Waals surface area contributed by atoms with Crippen LogP contribution in [-0.2, 0) is 11.3 Å². The zero-order chi connectivity index (χ0) is 16.0. The maximum Gasteiger partial charge on any atom is 0.231 e. The van der Waals surface area contributed by atoms with E-state index in [4.69, 9.17) is 4.52 Å². The number of aryl methyl sites for hydroxylation is 2. The van der Waals surface area contributed by atoms with E-state index in [-0.39, 0.29) is 11.8 Å². The molecular weight excluding hydrogens is 292 g/mol. The third kappa shape index (κ3) is 2.43. The first-order valence-electron chi connectivity index (χ1n) is 7.99. The first kappa shape index (κ1) is 14.4. The summed E-state index contributed by atoms with van der Waals surface area (Å²) in [6, 6.07) is 3.83. The Balaban J connectivity index is 1.46. The van der Waals surface area contributed by atoms with Crippen molar-refractivity contribution in [3.63, 3.8) is 0 Å². The number of anilines is 1. The minimum Gasteiger partial charge on any atom is -0.361 e. The Morgan fingerprint density at radius 2 is 2.17 bits per heavy atom. The van der Waals surface area contributed by atoms with Crippen molar-refractivity contribution < 1.29 is 9.32 Å². The highest BCUT2D eigenvalue weighted by atomic mass is 16.5. The number of rotatable bonds is 3. The lowest BCUT2D eigenvalue weighted by Crippen LogP contribution is -2.32. The first-order valence-corrected chi connectivity index (χ1v) is 7.99. The van der Waals surface area contributed by atoms with Crippen molar-refractivity contribution in [3.05, 3.63) is 41.5 Å². The number of amides is 1. The monoisotopic (exact) mass is 312 g/mol. The summed E-state index contributed by atoms with van der Waals surface area (Å²) in [4.78, 5) is 21.1. The van der Waals surface area contributed by atoms with Crippen molar-refractivity contribution in [2.75, 3.05) is 24.5 Å². The molecule has 0 bridgehead atoms. The minimum absolute atomic E-state index is 0.0932. The molecule has 0 aliphatic carbocycles. The van der Waals surface area contributed by atoms with E-state index in [1.54, 1.807) is 12.4 Å². The maximum absolute atomic E-state index is 12.7. The first-order chi connectivity index (χ1) is 11.1. The van der Waals surface area contributed by atoms with Gasteiger partial charge in [0.2, 0.25) is 5.91 Å². The molecule has 2 aliphatic heterocycles. The number of carbonyl (C=O) groups excluding carboxylic acids is 1. The van der Waals surface area contributed by atoms with Gasteiger partial charge in [0.15, 0.2) is 0 Å². The summed E-state index contributed by atoms with van der Waals surface area (Å²) in [7, 11) is 0. The molecule has 2 aromatic heterocycles. The molecule has 2 fully saturated rings. The molecular formula is C17H20N4O2. The smallest absolute Gasteiger partial charge is 0.231 e. The lowest BCUT2D eigenvalue weighted by atomic mass is 10.0. The lowest BCUT2D eigenvalue weighted by Gasteiger charge is -2.21. The molecule has 1 amide bonds. The molecule has 23 heavy (non-hydrogen) atoms.